The van der Waals surface area contributed by atoms with Crippen molar-refractivity contribution in [3.63, 3.8) is 0 Å². The minimum Gasteiger partial charge on any atom is -0.325 e. The lowest BCUT2D eigenvalue weighted by molar-refractivity contribution is -0.384. The number of aromatic nitrogens is 1. The molecule has 1 atom stereocenters. The van der Waals surface area contributed by atoms with E-state index in [1.165, 1.54) is 35.2 Å². The van der Waals surface area contributed by atoms with Crippen molar-refractivity contribution in [1.82, 2.24) is 4.98 Å². The normalized spacial score (nSPS) is 12.1. The Bertz CT molecular complexity index is 955. The van der Waals surface area contributed by atoms with Crippen molar-refractivity contribution in [1.29, 1.82) is 0 Å². The smallest absolute Gasteiger partial charge is 0.270 e. The molecule has 0 saturated heterocycles. The summed E-state index contributed by atoms with van der Waals surface area (Å²) in [6.07, 6.45) is 0. The summed E-state index contributed by atoms with van der Waals surface area (Å²) in [5.74, 6) is -0.110. The SMILES string of the molecule is Cc1cccc(NC(=O)[C@H](C)Sc2nc3ccc([N+](=O)[O-])cc3s2)c1. The Hall–Kier alpha value is -2.45. The lowest BCUT2D eigenvalue weighted by Crippen LogP contribution is -2.22. The minimum atomic E-state index is -0.427. The number of non-ortho nitro benzene ring substituents is 1. The topological polar surface area (TPSA) is 85.1 Å². The zero-order valence-electron chi connectivity index (χ0n) is 13.6. The van der Waals surface area contributed by atoms with E-state index in [0.717, 1.165) is 16.0 Å². The number of hydrogen-bond donors (Lipinski definition) is 1. The van der Waals surface area contributed by atoms with E-state index >= 15 is 0 Å². The highest BCUT2D eigenvalue weighted by atomic mass is 32.2. The van der Waals surface area contributed by atoms with Crippen molar-refractivity contribution >= 4 is 50.6 Å². The highest BCUT2D eigenvalue weighted by Gasteiger charge is 2.18. The highest BCUT2D eigenvalue weighted by molar-refractivity contribution is 8.02. The molecule has 3 aromatic rings. The number of amides is 1. The molecule has 1 N–H and O–H groups in total. The largest absolute Gasteiger partial charge is 0.325 e. The summed E-state index contributed by atoms with van der Waals surface area (Å²) in [6.45, 7) is 3.78. The van der Waals surface area contributed by atoms with Crippen LogP contribution in [-0.4, -0.2) is 21.1 Å². The van der Waals surface area contributed by atoms with Crippen LogP contribution in [0.4, 0.5) is 11.4 Å². The number of anilines is 1. The van der Waals surface area contributed by atoms with E-state index in [9.17, 15) is 14.9 Å². The summed E-state index contributed by atoms with van der Waals surface area (Å²) in [7, 11) is 0. The van der Waals surface area contributed by atoms with E-state index in [0.29, 0.717) is 9.86 Å². The van der Waals surface area contributed by atoms with Crippen molar-refractivity contribution in [3.8, 4) is 0 Å². The minimum absolute atomic E-state index is 0.0398. The summed E-state index contributed by atoms with van der Waals surface area (Å²) in [5, 5.41) is 13.4. The molecule has 128 valence electrons. The number of nitro groups is 1. The van der Waals surface area contributed by atoms with E-state index < -0.39 is 4.92 Å². The number of thioether (sulfide) groups is 1. The predicted molar refractivity (Wildman–Crippen MR) is 101 cm³/mol. The predicted octanol–water partition coefficient (Wildman–Crippen LogP) is 4.63. The number of nitrogens with one attached hydrogen (secondary N) is 1. The molecule has 0 radical (unpaired) electrons. The Morgan fingerprint density at radius 3 is 2.84 bits per heavy atom. The first-order valence-electron chi connectivity index (χ1n) is 7.51. The monoisotopic (exact) mass is 373 g/mol. The first-order valence-corrected chi connectivity index (χ1v) is 9.21. The maximum absolute atomic E-state index is 12.3. The maximum Gasteiger partial charge on any atom is 0.270 e. The fraction of sp³-hybridized carbons (Fsp3) is 0.176. The van der Waals surface area contributed by atoms with Gasteiger partial charge in [0.15, 0.2) is 4.34 Å². The zero-order chi connectivity index (χ0) is 18.0. The number of carbonyl (C=O) groups excluding carboxylic acids is 1. The molecule has 0 bridgehead atoms. The number of nitrogens with zero attached hydrogens (tertiary/aromatic N) is 2. The number of benzene rings is 2. The van der Waals surface area contributed by atoms with Crippen LogP contribution in [0.2, 0.25) is 0 Å². The first kappa shape index (κ1) is 17.4. The van der Waals surface area contributed by atoms with Crippen LogP contribution in [0.1, 0.15) is 12.5 Å². The number of thiazole rings is 1. The van der Waals surface area contributed by atoms with Gasteiger partial charge in [-0.3, -0.25) is 14.9 Å². The van der Waals surface area contributed by atoms with Crippen LogP contribution in [0.15, 0.2) is 46.8 Å². The van der Waals surface area contributed by atoms with Gasteiger partial charge in [-0.25, -0.2) is 4.98 Å². The molecule has 0 aliphatic heterocycles. The Kier molecular flexibility index (Phi) is 5.00. The van der Waals surface area contributed by atoms with Gasteiger partial charge in [0.1, 0.15) is 0 Å². The van der Waals surface area contributed by atoms with Gasteiger partial charge in [-0.15, -0.1) is 11.3 Å². The third-order valence-electron chi connectivity index (χ3n) is 3.50. The Balaban J connectivity index is 1.71. The average molecular weight is 373 g/mol. The van der Waals surface area contributed by atoms with Crippen LogP contribution in [0.25, 0.3) is 10.2 Å². The molecule has 1 heterocycles. The molecule has 25 heavy (non-hydrogen) atoms. The number of rotatable bonds is 5. The van der Waals surface area contributed by atoms with E-state index in [1.54, 1.807) is 6.07 Å². The van der Waals surface area contributed by atoms with Crippen LogP contribution >= 0.6 is 23.1 Å². The van der Waals surface area contributed by atoms with Gasteiger partial charge in [0, 0.05) is 17.8 Å². The molecule has 3 rings (SSSR count). The average Bonchev–Trinajstić information content (AvgIpc) is 2.95. The number of carbonyl (C=O) groups is 1. The summed E-state index contributed by atoms with van der Waals surface area (Å²) in [6, 6.07) is 12.2. The van der Waals surface area contributed by atoms with Gasteiger partial charge in [0.2, 0.25) is 5.91 Å². The zero-order valence-corrected chi connectivity index (χ0v) is 15.2. The van der Waals surface area contributed by atoms with E-state index in [4.69, 9.17) is 0 Å². The number of aryl methyl sites for hydroxylation is 1. The molecule has 0 unspecified atom stereocenters. The van der Waals surface area contributed by atoms with Gasteiger partial charge in [-0.05, 0) is 37.6 Å². The van der Waals surface area contributed by atoms with E-state index in [1.807, 2.05) is 38.1 Å². The molecule has 0 aliphatic rings. The van der Waals surface area contributed by atoms with Crippen molar-refractivity contribution in [3.05, 3.63) is 58.1 Å². The molecule has 8 heteroatoms. The van der Waals surface area contributed by atoms with Gasteiger partial charge in [0.25, 0.3) is 5.69 Å². The fourth-order valence-electron chi connectivity index (χ4n) is 2.23. The molecular weight excluding hydrogens is 358 g/mol. The second-order valence-electron chi connectivity index (χ2n) is 5.51. The molecule has 0 spiro atoms. The van der Waals surface area contributed by atoms with Gasteiger partial charge < -0.3 is 5.32 Å². The van der Waals surface area contributed by atoms with Crippen molar-refractivity contribution in [2.24, 2.45) is 0 Å². The van der Waals surface area contributed by atoms with Crippen LogP contribution in [0.5, 0.6) is 0 Å². The lowest BCUT2D eigenvalue weighted by atomic mass is 10.2. The van der Waals surface area contributed by atoms with Crippen LogP contribution in [-0.2, 0) is 4.79 Å². The van der Waals surface area contributed by atoms with Crippen LogP contribution < -0.4 is 5.32 Å². The molecule has 1 aromatic heterocycles. The molecule has 6 nitrogen and oxygen atoms in total. The molecular formula is C17H15N3O3S2. The summed E-state index contributed by atoms with van der Waals surface area (Å²) < 4.78 is 1.45. The molecule has 0 fully saturated rings. The lowest BCUT2D eigenvalue weighted by Gasteiger charge is -2.10. The first-order chi connectivity index (χ1) is 11.9. The summed E-state index contributed by atoms with van der Waals surface area (Å²) >= 11 is 2.69. The molecule has 0 saturated carbocycles. The Morgan fingerprint density at radius 1 is 1.32 bits per heavy atom. The third-order valence-corrected chi connectivity index (χ3v) is 5.71. The van der Waals surface area contributed by atoms with Gasteiger partial charge in [0.05, 0.1) is 20.4 Å². The van der Waals surface area contributed by atoms with Crippen LogP contribution in [0, 0.1) is 17.0 Å². The van der Waals surface area contributed by atoms with Crippen LogP contribution in [0.3, 0.4) is 0 Å². The summed E-state index contributed by atoms with van der Waals surface area (Å²) in [4.78, 5) is 27.2. The Labute approximate surface area is 152 Å². The standard InChI is InChI=1S/C17H15N3O3S2/c1-10-4-3-5-12(8-10)18-16(21)11(2)24-17-19-14-7-6-13(20(22)23)9-15(14)25-17/h3-9,11H,1-2H3,(H,18,21)/t11-/m0/s1. The summed E-state index contributed by atoms with van der Waals surface area (Å²) in [5.41, 5.74) is 2.57. The number of fused-ring (bicyclic) bond motifs is 1. The highest BCUT2D eigenvalue weighted by Crippen LogP contribution is 2.34. The maximum atomic E-state index is 12.3. The van der Waals surface area contributed by atoms with Gasteiger partial charge in [-0.1, -0.05) is 23.9 Å². The second kappa shape index (κ2) is 7.20. The number of hydrogen-bond acceptors (Lipinski definition) is 6. The fourth-order valence-corrected chi connectivity index (χ4v) is 4.47. The van der Waals surface area contributed by atoms with Crippen molar-refractivity contribution < 1.29 is 9.72 Å². The number of nitro benzene ring substituents is 1. The van der Waals surface area contributed by atoms with E-state index in [2.05, 4.69) is 10.3 Å². The third kappa shape index (κ3) is 4.15. The Morgan fingerprint density at radius 2 is 2.12 bits per heavy atom. The molecule has 1 amide bonds. The quantitative estimate of drug-likeness (QED) is 0.400. The van der Waals surface area contributed by atoms with Gasteiger partial charge in [-0.2, -0.15) is 0 Å². The van der Waals surface area contributed by atoms with Crippen molar-refractivity contribution in [2.45, 2.75) is 23.4 Å². The van der Waals surface area contributed by atoms with Gasteiger partial charge >= 0.3 is 0 Å². The second-order valence-corrected chi connectivity index (χ2v) is 8.13. The molecule has 2 aromatic carbocycles. The van der Waals surface area contributed by atoms with Crippen molar-refractivity contribution in [2.75, 3.05) is 5.32 Å². The van der Waals surface area contributed by atoms with E-state index in [-0.39, 0.29) is 16.8 Å². The molecule has 0 aliphatic carbocycles.